The van der Waals surface area contributed by atoms with Crippen molar-refractivity contribution in [2.24, 2.45) is 0 Å². The molecule has 0 amide bonds. The van der Waals surface area contributed by atoms with Gasteiger partial charge in [-0.1, -0.05) is 0 Å². The highest BCUT2D eigenvalue weighted by atomic mass is 79.9. The molecule has 0 aliphatic carbocycles. The van der Waals surface area contributed by atoms with Crippen LogP contribution in [0.3, 0.4) is 0 Å². The molecular weight excluding hydrogens is 193 g/mol. The molecule has 0 radical (unpaired) electrons. The maximum absolute atomic E-state index is 9.67. The lowest BCUT2D eigenvalue weighted by Gasteiger charge is -1.78. The Morgan fingerprint density at radius 3 is 1.83 bits per heavy atom. The van der Waals surface area contributed by atoms with E-state index >= 15 is 0 Å². The highest BCUT2D eigenvalue weighted by Crippen LogP contribution is 1.92. The molecule has 0 aromatic rings. The highest BCUT2D eigenvalue weighted by molar-refractivity contribution is 9.47. The number of hydrogen-bond donors (Lipinski definition) is 1. The molecule has 0 unspecified atom stereocenters. The molecule has 0 fully saturated rings. The summed E-state index contributed by atoms with van der Waals surface area (Å²) in [5, 5.41) is 0. The molecule has 0 aromatic heterocycles. The average Bonchev–Trinajstić information content (AvgIpc) is 1.35. The minimum Gasteiger partial charge on any atom is -0.199 e. The average molecular weight is 194 g/mol. The van der Waals surface area contributed by atoms with Crippen LogP contribution >= 0.6 is 26.6 Å². The summed E-state index contributed by atoms with van der Waals surface area (Å²) in [4.78, 5) is 0. The number of nitrogens with one attached hydrogen (secondary N) is 1. The first-order valence-corrected chi connectivity index (χ1v) is 4.58. The topological polar surface area (TPSA) is 46.2 Å². The quantitative estimate of drug-likeness (QED) is 0.484. The van der Waals surface area contributed by atoms with Gasteiger partial charge in [0, 0.05) is 0 Å². The van der Waals surface area contributed by atoms with Crippen molar-refractivity contribution in [2.75, 3.05) is 0 Å². The van der Waals surface area contributed by atoms with Gasteiger partial charge >= 0.3 is 0 Å². The number of halogens is 2. The lowest BCUT2D eigenvalue weighted by molar-refractivity contribution is 0.609. The molecule has 0 rings (SSSR count). The van der Waals surface area contributed by atoms with Crippen molar-refractivity contribution in [3.05, 3.63) is 0 Å². The lowest BCUT2D eigenvalue weighted by atomic mass is 13.9. The molecule has 6 heteroatoms. The van der Waals surface area contributed by atoms with Crippen molar-refractivity contribution < 1.29 is 8.42 Å². The fourth-order valence-corrected chi connectivity index (χ4v) is 0. The van der Waals surface area contributed by atoms with Crippen molar-refractivity contribution in [3.8, 4) is 0 Å². The van der Waals surface area contributed by atoms with Crippen LogP contribution in [0, 0.1) is 0 Å². The van der Waals surface area contributed by atoms with Gasteiger partial charge in [0.2, 0.25) is 0 Å². The summed E-state index contributed by atoms with van der Waals surface area (Å²) in [7, 11) is -3.33. The third-order valence-corrected chi connectivity index (χ3v) is 1.93. The number of hydrogen-bond acceptors (Lipinski definition) is 2. The van der Waals surface area contributed by atoms with Crippen LogP contribution in [-0.2, 0) is 8.46 Å². The number of rotatable bonds is 1. The van der Waals surface area contributed by atoms with Crippen molar-refractivity contribution in [2.45, 2.75) is 0 Å². The maximum Gasteiger partial charge on any atom is 0.285 e. The van der Waals surface area contributed by atoms with E-state index in [1.165, 1.54) is 4.24 Å². The summed E-state index contributed by atoms with van der Waals surface area (Å²) in [5.41, 5.74) is 0. The minimum atomic E-state index is -3.33. The van der Waals surface area contributed by atoms with Crippen molar-refractivity contribution in [1.29, 1.82) is 0 Å². The summed E-state index contributed by atoms with van der Waals surface area (Å²) < 4.78 is 20.8. The molecule has 0 spiro atoms. The van der Waals surface area contributed by atoms with Gasteiger partial charge in [0.25, 0.3) is 8.46 Å². The second kappa shape index (κ2) is 2.11. The molecule has 6 heavy (non-hydrogen) atoms. The van der Waals surface area contributed by atoms with Crippen LogP contribution in [-0.4, -0.2) is 8.42 Å². The van der Waals surface area contributed by atoms with Crippen LogP contribution in [0.5, 0.6) is 0 Å². The van der Waals surface area contributed by atoms with Crippen LogP contribution < -0.4 is 4.24 Å². The fourth-order valence-electron chi connectivity index (χ4n) is 0. The zero-order valence-corrected chi connectivity index (χ0v) is 5.64. The van der Waals surface area contributed by atoms with Crippen LogP contribution in [0.2, 0.25) is 0 Å². The molecule has 0 aliphatic heterocycles. The summed E-state index contributed by atoms with van der Waals surface area (Å²) in [5.74, 6) is 0. The van der Waals surface area contributed by atoms with E-state index in [0.29, 0.717) is 0 Å². The van der Waals surface area contributed by atoms with Crippen molar-refractivity contribution >= 4 is 35.0 Å². The highest BCUT2D eigenvalue weighted by Gasteiger charge is 1.94. The minimum absolute atomic E-state index is 1.47. The fraction of sp³-hybridized carbons (Fsp3) is 0. The Balaban J connectivity index is 3.85. The molecule has 3 nitrogen and oxygen atoms in total. The van der Waals surface area contributed by atoms with Crippen LogP contribution in [0.4, 0.5) is 0 Å². The van der Waals surface area contributed by atoms with Gasteiger partial charge in [0.05, 0.1) is 14.8 Å². The summed E-state index contributed by atoms with van der Waals surface area (Å²) in [6.45, 7) is 0. The summed E-state index contributed by atoms with van der Waals surface area (Å²) in [6.07, 6.45) is 0. The van der Waals surface area contributed by atoms with Crippen LogP contribution in [0.1, 0.15) is 0 Å². The molecule has 0 saturated heterocycles. The lowest BCUT2D eigenvalue weighted by Crippen LogP contribution is -2.01. The third kappa shape index (κ3) is 4.68. The van der Waals surface area contributed by atoms with Crippen molar-refractivity contribution in [1.82, 2.24) is 4.24 Å². The van der Waals surface area contributed by atoms with Gasteiger partial charge < -0.3 is 0 Å². The van der Waals surface area contributed by atoms with E-state index in [9.17, 15) is 8.42 Å². The predicted molar refractivity (Wildman–Crippen MR) is 26.8 cm³/mol. The van der Waals surface area contributed by atoms with E-state index < -0.39 is 8.46 Å². The van der Waals surface area contributed by atoms with Gasteiger partial charge in [-0.15, -0.1) is 4.24 Å². The zero-order chi connectivity index (χ0) is 5.21. The Morgan fingerprint density at radius 1 is 1.67 bits per heavy atom. The Hall–Kier alpha value is 0.680. The van der Waals surface area contributed by atoms with E-state index in [1.54, 1.807) is 0 Å². The van der Waals surface area contributed by atoms with E-state index in [4.69, 9.17) is 0 Å². The molecule has 38 valence electrons. The predicted octanol–water partition coefficient (Wildman–Crippen LogP) is 0.370. The van der Waals surface area contributed by atoms with E-state index in [0.717, 1.165) is 0 Å². The van der Waals surface area contributed by atoms with Crippen molar-refractivity contribution in [3.63, 3.8) is 0 Å². The Labute approximate surface area is 48.0 Å². The SMILES string of the molecule is O=S(=O)(Br)NCl. The molecule has 0 saturated carbocycles. The Bertz CT molecular complexity index is 116. The first-order chi connectivity index (χ1) is 2.56. The Kier molecular flexibility index (Phi) is 2.35. The molecule has 0 bridgehead atoms. The second-order valence-corrected chi connectivity index (χ2v) is 4.57. The smallest absolute Gasteiger partial charge is 0.199 e. The zero-order valence-electron chi connectivity index (χ0n) is 2.48. The van der Waals surface area contributed by atoms with E-state index in [1.807, 2.05) is 0 Å². The third-order valence-electron chi connectivity index (χ3n) is 0.0922. The normalized spacial score (nSPS) is 11.7. The van der Waals surface area contributed by atoms with Crippen LogP contribution in [0.25, 0.3) is 0 Å². The van der Waals surface area contributed by atoms with Gasteiger partial charge in [-0.05, 0) is 11.8 Å². The first-order valence-electron chi connectivity index (χ1n) is 0.881. The van der Waals surface area contributed by atoms with Crippen LogP contribution in [0.15, 0.2) is 0 Å². The largest absolute Gasteiger partial charge is 0.285 e. The first kappa shape index (κ1) is 6.68. The molecule has 0 aromatic carbocycles. The van der Waals surface area contributed by atoms with Gasteiger partial charge in [0.1, 0.15) is 0 Å². The maximum atomic E-state index is 9.67. The van der Waals surface area contributed by atoms with Gasteiger partial charge in [-0.2, -0.15) is 8.42 Å². The Morgan fingerprint density at radius 2 is 1.83 bits per heavy atom. The monoisotopic (exact) mass is 193 g/mol. The molecule has 1 N–H and O–H groups in total. The molecular formula is HBrClNO2S. The van der Waals surface area contributed by atoms with Gasteiger partial charge in [-0.25, -0.2) is 0 Å². The standard InChI is InChI=1S/BrClHNO2S/c1-6(4,5)3-2/h3H. The molecule has 0 aliphatic rings. The molecule has 0 heterocycles. The molecule has 0 atom stereocenters. The van der Waals surface area contributed by atoms with E-state index in [2.05, 4.69) is 26.6 Å². The van der Waals surface area contributed by atoms with Gasteiger partial charge in [0.15, 0.2) is 0 Å². The summed E-state index contributed by atoms with van der Waals surface area (Å²) >= 11 is 6.80. The van der Waals surface area contributed by atoms with Gasteiger partial charge in [-0.3, -0.25) is 0 Å². The summed E-state index contributed by atoms with van der Waals surface area (Å²) in [6, 6.07) is 0. The second-order valence-electron chi connectivity index (χ2n) is 0.515. The van der Waals surface area contributed by atoms with E-state index in [-0.39, 0.29) is 0 Å².